The first kappa shape index (κ1) is 11.0. The number of hydrogen-bond acceptors (Lipinski definition) is 4. The van der Waals surface area contributed by atoms with Gasteiger partial charge in [-0.05, 0) is 28.8 Å². The Bertz CT molecular complexity index is 536. The molecule has 1 aliphatic carbocycles. The summed E-state index contributed by atoms with van der Waals surface area (Å²) in [6, 6.07) is 0. The lowest BCUT2D eigenvalue weighted by atomic mass is 10.3. The normalized spacial score (nSPS) is 21.2. The van der Waals surface area contributed by atoms with E-state index in [2.05, 4.69) is 20.9 Å². The number of carbonyl (C=O) groups is 1. The highest BCUT2D eigenvalue weighted by Crippen LogP contribution is 2.47. The molecule has 0 aromatic carbocycles. The summed E-state index contributed by atoms with van der Waals surface area (Å²) in [5.74, 6) is 0.0179. The molecule has 1 spiro atoms. The largest absolute Gasteiger partial charge is 0.404 e. The number of carbonyl (C=O) groups excluding carboxylic acids is 1. The standard InChI is InChI=1S/C9H4BrCl2NO2S/c10-3-4(11)5(16-6(3)12)7-13-9(1-2-9)8(14)15-7/h1-2H2. The molecule has 0 atom stereocenters. The predicted molar refractivity (Wildman–Crippen MR) is 66.6 cm³/mol. The number of halogens is 3. The van der Waals surface area contributed by atoms with Gasteiger partial charge in [0.15, 0.2) is 5.54 Å². The molecule has 3 rings (SSSR count). The van der Waals surface area contributed by atoms with Crippen molar-refractivity contribution in [3.05, 3.63) is 18.7 Å². The summed E-state index contributed by atoms with van der Waals surface area (Å²) in [5.41, 5.74) is -0.610. The van der Waals surface area contributed by atoms with Crippen LogP contribution >= 0.6 is 50.5 Å². The average molecular weight is 341 g/mol. The van der Waals surface area contributed by atoms with Gasteiger partial charge in [-0.2, -0.15) is 0 Å². The van der Waals surface area contributed by atoms with E-state index in [1.165, 1.54) is 11.3 Å². The van der Waals surface area contributed by atoms with Crippen LogP contribution in [0.1, 0.15) is 17.7 Å². The summed E-state index contributed by atoms with van der Waals surface area (Å²) in [6.45, 7) is 0. The number of aliphatic imine (C=N–C) groups is 1. The monoisotopic (exact) mass is 339 g/mol. The molecule has 2 heterocycles. The predicted octanol–water partition coefficient (Wildman–Crippen LogP) is 3.65. The highest BCUT2D eigenvalue weighted by Gasteiger charge is 2.56. The van der Waals surface area contributed by atoms with Crippen LogP contribution in [0.5, 0.6) is 0 Å². The average Bonchev–Trinajstić information content (AvgIpc) is 2.89. The summed E-state index contributed by atoms with van der Waals surface area (Å²) in [4.78, 5) is 16.4. The van der Waals surface area contributed by atoms with Gasteiger partial charge < -0.3 is 4.74 Å². The first-order valence-corrected chi connectivity index (χ1v) is 6.86. The Morgan fingerprint density at radius 2 is 2.12 bits per heavy atom. The molecule has 0 bridgehead atoms. The van der Waals surface area contributed by atoms with Crippen molar-refractivity contribution in [1.29, 1.82) is 0 Å². The van der Waals surface area contributed by atoms with E-state index in [0.717, 1.165) is 12.8 Å². The Morgan fingerprint density at radius 3 is 2.56 bits per heavy atom. The van der Waals surface area contributed by atoms with Crippen LogP contribution < -0.4 is 0 Å². The van der Waals surface area contributed by atoms with Crippen LogP contribution in [-0.2, 0) is 9.53 Å². The molecule has 1 aliphatic heterocycles. The van der Waals surface area contributed by atoms with Gasteiger partial charge in [-0.1, -0.05) is 23.2 Å². The van der Waals surface area contributed by atoms with Crippen LogP contribution in [0.15, 0.2) is 9.47 Å². The van der Waals surface area contributed by atoms with Gasteiger partial charge in [0, 0.05) is 0 Å². The van der Waals surface area contributed by atoms with Crippen molar-refractivity contribution in [3.63, 3.8) is 0 Å². The molecule has 0 unspecified atom stereocenters. The van der Waals surface area contributed by atoms with Gasteiger partial charge in [-0.15, -0.1) is 11.3 Å². The summed E-state index contributed by atoms with van der Waals surface area (Å²) in [5, 5.41) is 0.444. The molecule has 7 heteroatoms. The second kappa shape index (κ2) is 3.45. The van der Waals surface area contributed by atoms with Gasteiger partial charge in [0.1, 0.15) is 9.21 Å². The first-order valence-electron chi connectivity index (χ1n) is 4.49. The Balaban J connectivity index is 2.06. The van der Waals surface area contributed by atoms with Crippen molar-refractivity contribution in [2.45, 2.75) is 18.4 Å². The van der Waals surface area contributed by atoms with Gasteiger partial charge in [0.05, 0.1) is 9.50 Å². The molecule has 1 aromatic heterocycles. The number of nitrogens with zero attached hydrogens (tertiary/aromatic N) is 1. The summed E-state index contributed by atoms with van der Waals surface area (Å²) >= 11 is 16.5. The Hall–Kier alpha value is -0.100. The Kier molecular flexibility index (Phi) is 2.37. The summed E-state index contributed by atoms with van der Waals surface area (Å²) in [6.07, 6.45) is 1.51. The van der Waals surface area contributed by atoms with E-state index in [4.69, 9.17) is 27.9 Å². The van der Waals surface area contributed by atoms with Crippen molar-refractivity contribution in [3.8, 4) is 0 Å². The molecule has 84 valence electrons. The first-order chi connectivity index (χ1) is 7.53. The number of rotatable bonds is 1. The van der Waals surface area contributed by atoms with Crippen LogP contribution in [0.3, 0.4) is 0 Å². The number of cyclic esters (lactones) is 1. The molecule has 0 N–H and O–H groups in total. The summed E-state index contributed by atoms with van der Waals surface area (Å²) < 4.78 is 6.27. The smallest absolute Gasteiger partial charge is 0.340 e. The maximum Gasteiger partial charge on any atom is 0.340 e. The zero-order chi connectivity index (χ0) is 11.5. The van der Waals surface area contributed by atoms with E-state index in [-0.39, 0.29) is 5.97 Å². The zero-order valence-electron chi connectivity index (χ0n) is 7.72. The van der Waals surface area contributed by atoms with Gasteiger partial charge >= 0.3 is 5.97 Å². The highest BCUT2D eigenvalue weighted by atomic mass is 79.9. The van der Waals surface area contributed by atoms with E-state index in [1.807, 2.05) is 0 Å². The van der Waals surface area contributed by atoms with E-state index in [0.29, 0.717) is 24.6 Å². The lowest BCUT2D eigenvalue weighted by Gasteiger charge is -1.96. The second-order valence-electron chi connectivity index (χ2n) is 3.67. The minimum Gasteiger partial charge on any atom is -0.404 e. The molecule has 1 aromatic rings. The molecule has 1 fully saturated rings. The van der Waals surface area contributed by atoms with Crippen molar-refractivity contribution < 1.29 is 9.53 Å². The number of ether oxygens (including phenoxy) is 1. The van der Waals surface area contributed by atoms with Gasteiger partial charge in [0.25, 0.3) is 0 Å². The third-order valence-electron chi connectivity index (χ3n) is 2.56. The van der Waals surface area contributed by atoms with Gasteiger partial charge in [-0.3, -0.25) is 0 Å². The molecule has 0 radical (unpaired) electrons. The fourth-order valence-corrected chi connectivity index (χ4v) is 3.51. The fraction of sp³-hybridized carbons (Fsp3) is 0.333. The molecular formula is C9H4BrCl2NO2S. The number of esters is 1. The van der Waals surface area contributed by atoms with Crippen LogP contribution in [-0.4, -0.2) is 17.4 Å². The van der Waals surface area contributed by atoms with Gasteiger partial charge in [-0.25, -0.2) is 9.79 Å². The molecule has 0 amide bonds. The van der Waals surface area contributed by atoms with Crippen LogP contribution in [0.25, 0.3) is 0 Å². The Morgan fingerprint density at radius 1 is 1.44 bits per heavy atom. The van der Waals surface area contributed by atoms with Crippen molar-refractivity contribution in [2.24, 2.45) is 4.99 Å². The highest BCUT2D eigenvalue weighted by molar-refractivity contribution is 9.10. The van der Waals surface area contributed by atoms with Crippen LogP contribution in [0.4, 0.5) is 0 Å². The third-order valence-corrected chi connectivity index (χ3v) is 5.95. The van der Waals surface area contributed by atoms with Gasteiger partial charge in [0.2, 0.25) is 5.90 Å². The number of hydrogen-bond donors (Lipinski definition) is 0. The van der Waals surface area contributed by atoms with Crippen LogP contribution in [0, 0.1) is 0 Å². The topological polar surface area (TPSA) is 38.7 Å². The van der Waals surface area contributed by atoms with Crippen LogP contribution in [0.2, 0.25) is 9.36 Å². The lowest BCUT2D eigenvalue weighted by Crippen LogP contribution is -2.15. The molecule has 2 aliphatic rings. The molecule has 16 heavy (non-hydrogen) atoms. The zero-order valence-corrected chi connectivity index (χ0v) is 11.6. The van der Waals surface area contributed by atoms with E-state index >= 15 is 0 Å². The maximum atomic E-state index is 11.5. The molecule has 0 saturated heterocycles. The van der Waals surface area contributed by atoms with E-state index in [9.17, 15) is 4.79 Å². The minimum atomic E-state index is -0.610. The fourth-order valence-electron chi connectivity index (χ4n) is 1.48. The lowest BCUT2D eigenvalue weighted by molar-refractivity contribution is -0.135. The second-order valence-corrected chi connectivity index (χ2v) is 6.46. The maximum absolute atomic E-state index is 11.5. The van der Waals surface area contributed by atoms with E-state index in [1.54, 1.807) is 0 Å². The minimum absolute atomic E-state index is 0.279. The number of thiophene rings is 1. The van der Waals surface area contributed by atoms with Crippen molar-refractivity contribution in [1.82, 2.24) is 0 Å². The third kappa shape index (κ3) is 1.45. The molecule has 1 saturated carbocycles. The van der Waals surface area contributed by atoms with Crippen molar-refractivity contribution >= 4 is 62.3 Å². The quantitative estimate of drug-likeness (QED) is 0.732. The van der Waals surface area contributed by atoms with E-state index < -0.39 is 5.54 Å². The SMILES string of the molecule is O=C1OC(c2sc(Cl)c(Br)c2Cl)=NC12CC2. The molecular weight excluding hydrogens is 337 g/mol. The Labute approximate surface area is 114 Å². The molecule has 3 nitrogen and oxygen atoms in total. The van der Waals surface area contributed by atoms with Crippen molar-refractivity contribution in [2.75, 3.05) is 0 Å². The summed E-state index contributed by atoms with van der Waals surface area (Å²) in [7, 11) is 0.